The molecule has 4 heteroatoms. The Balaban J connectivity index is 1.72. The molecule has 1 aliphatic heterocycles. The lowest BCUT2D eigenvalue weighted by Crippen LogP contribution is -2.46. The monoisotopic (exact) mass is 268 g/mol. The number of nitrogens with two attached hydrogens (primary N) is 2. The largest absolute Gasteiger partial charge is 0.397 e. The van der Waals surface area contributed by atoms with E-state index in [-0.39, 0.29) is 0 Å². The first-order chi connectivity index (χ1) is 9.75. The molecule has 1 fully saturated rings. The second-order valence-electron chi connectivity index (χ2n) is 5.09. The van der Waals surface area contributed by atoms with Crippen molar-refractivity contribution in [2.75, 3.05) is 47.4 Å². The predicted octanol–water partition coefficient (Wildman–Crippen LogP) is 2.18. The lowest BCUT2D eigenvalue weighted by molar-refractivity contribution is 0.655. The molecule has 2 aromatic carbocycles. The third-order valence-electron chi connectivity index (χ3n) is 3.83. The quantitative estimate of drug-likeness (QED) is 0.820. The van der Waals surface area contributed by atoms with E-state index in [9.17, 15) is 0 Å². The van der Waals surface area contributed by atoms with Gasteiger partial charge < -0.3 is 21.3 Å². The van der Waals surface area contributed by atoms with E-state index in [0.717, 1.165) is 48.9 Å². The highest BCUT2D eigenvalue weighted by Crippen LogP contribution is 2.27. The van der Waals surface area contributed by atoms with E-state index in [1.807, 2.05) is 36.4 Å². The van der Waals surface area contributed by atoms with Crippen molar-refractivity contribution in [3.8, 4) is 0 Å². The first-order valence-electron chi connectivity index (χ1n) is 6.94. The minimum Gasteiger partial charge on any atom is -0.397 e. The van der Waals surface area contributed by atoms with Gasteiger partial charge in [-0.05, 0) is 24.3 Å². The first kappa shape index (κ1) is 12.7. The number of anilines is 4. The molecule has 0 aliphatic carbocycles. The maximum atomic E-state index is 6.05. The van der Waals surface area contributed by atoms with Crippen molar-refractivity contribution >= 4 is 22.7 Å². The van der Waals surface area contributed by atoms with Gasteiger partial charge in [-0.25, -0.2) is 0 Å². The van der Waals surface area contributed by atoms with E-state index in [4.69, 9.17) is 11.5 Å². The van der Waals surface area contributed by atoms with Crippen LogP contribution in [0.25, 0.3) is 0 Å². The Bertz CT molecular complexity index is 535. The Morgan fingerprint density at radius 1 is 0.600 bits per heavy atom. The van der Waals surface area contributed by atoms with Gasteiger partial charge in [0.1, 0.15) is 0 Å². The minimum atomic E-state index is 0.847. The van der Waals surface area contributed by atoms with E-state index in [2.05, 4.69) is 21.9 Å². The Morgan fingerprint density at radius 2 is 0.950 bits per heavy atom. The molecular weight excluding hydrogens is 248 g/mol. The maximum absolute atomic E-state index is 6.05. The van der Waals surface area contributed by atoms with Crippen LogP contribution < -0.4 is 21.3 Å². The average Bonchev–Trinajstić information content (AvgIpc) is 2.49. The van der Waals surface area contributed by atoms with E-state index in [1.54, 1.807) is 0 Å². The number of hydrogen-bond acceptors (Lipinski definition) is 4. The molecule has 0 aromatic heterocycles. The van der Waals surface area contributed by atoms with Gasteiger partial charge in [0.15, 0.2) is 0 Å². The maximum Gasteiger partial charge on any atom is 0.0601 e. The number of hydrogen-bond donors (Lipinski definition) is 2. The predicted molar refractivity (Wildman–Crippen MR) is 86.1 cm³/mol. The highest BCUT2D eigenvalue weighted by molar-refractivity contribution is 5.70. The lowest BCUT2D eigenvalue weighted by Gasteiger charge is -2.38. The molecular formula is C16H20N4. The van der Waals surface area contributed by atoms with E-state index in [0.29, 0.717) is 0 Å². The van der Waals surface area contributed by atoms with Crippen LogP contribution in [0.5, 0.6) is 0 Å². The third kappa shape index (κ3) is 2.37. The summed E-state index contributed by atoms with van der Waals surface area (Å²) in [5.74, 6) is 0. The Kier molecular flexibility index (Phi) is 3.37. The van der Waals surface area contributed by atoms with Crippen LogP contribution in [0.3, 0.4) is 0 Å². The van der Waals surface area contributed by atoms with Gasteiger partial charge >= 0.3 is 0 Å². The Morgan fingerprint density at radius 3 is 1.30 bits per heavy atom. The van der Waals surface area contributed by atoms with Gasteiger partial charge in [0.25, 0.3) is 0 Å². The molecule has 1 aliphatic rings. The molecule has 1 saturated heterocycles. The topological polar surface area (TPSA) is 58.5 Å². The van der Waals surface area contributed by atoms with Gasteiger partial charge in [-0.1, -0.05) is 24.3 Å². The number of benzene rings is 2. The summed E-state index contributed by atoms with van der Waals surface area (Å²) in [6.07, 6.45) is 0. The zero-order valence-electron chi connectivity index (χ0n) is 11.5. The molecule has 104 valence electrons. The van der Waals surface area contributed by atoms with Gasteiger partial charge in [0.2, 0.25) is 0 Å². The molecule has 20 heavy (non-hydrogen) atoms. The van der Waals surface area contributed by atoms with Gasteiger partial charge in [0, 0.05) is 26.2 Å². The van der Waals surface area contributed by atoms with Crippen LogP contribution in [0.4, 0.5) is 22.7 Å². The molecule has 4 N–H and O–H groups in total. The van der Waals surface area contributed by atoms with Crippen LogP contribution in [0, 0.1) is 0 Å². The minimum absolute atomic E-state index is 0.847. The Hall–Kier alpha value is -2.36. The van der Waals surface area contributed by atoms with Crippen LogP contribution >= 0.6 is 0 Å². The molecule has 0 unspecified atom stereocenters. The zero-order chi connectivity index (χ0) is 13.9. The SMILES string of the molecule is Nc1ccccc1N1CCN(c2ccccc2N)CC1. The van der Waals surface area contributed by atoms with E-state index in [1.165, 1.54) is 0 Å². The molecule has 0 spiro atoms. The summed E-state index contributed by atoms with van der Waals surface area (Å²) < 4.78 is 0. The van der Waals surface area contributed by atoms with Crippen LogP contribution in [-0.4, -0.2) is 26.2 Å². The molecule has 1 heterocycles. The highest BCUT2D eigenvalue weighted by atomic mass is 15.3. The van der Waals surface area contributed by atoms with Gasteiger partial charge in [-0.2, -0.15) is 0 Å². The van der Waals surface area contributed by atoms with Gasteiger partial charge in [-0.3, -0.25) is 0 Å². The van der Waals surface area contributed by atoms with Gasteiger partial charge in [0.05, 0.1) is 22.7 Å². The number of piperazine rings is 1. The molecule has 0 atom stereocenters. The van der Waals surface area contributed by atoms with E-state index < -0.39 is 0 Å². The van der Waals surface area contributed by atoms with Crippen LogP contribution in [-0.2, 0) is 0 Å². The van der Waals surface area contributed by atoms with Gasteiger partial charge in [-0.15, -0.1) is 0 Å². The summed E-state index contributed by atoms with van der Waals surface area (Å²) in [6, 6.07) is 16.1. The van der Waals surface area contributed by atoms with Crippen LogP contribution in [0.1, 0.15) is 0 Å². The summed E-state index contributed by atoms with van der Waals surface area (Å²) in [4.78, 5) is 4.68. The van der Waals surface area contributed by atoms with Crippen molar-refractivity contribution in [1.82, 2.24) is 0 Å². The number of nitrogen functional groups attached to an aromatic ring is 2. The standard InChI is InChI=1S/C16H20N4/c17-13-5-1-3-7-15(13)19-9-11-20(12-10-19)16-8-4-2-6-14(16)18/h1-8H,9-12,17-18H2. The second kappa shape index (κ2) is 5.33. The van der Waals surface area contributed by atoms with Crippen molar-refractivity contribution in [3.05, 3.63) is 48.5 Å². The van der Waals surface area contributed by atoms with Crippen molar-refractivity contribution < 1.29 is 0 Å². The van der Waals surface area contributed by atoms with Crippen LogP contribution in [0.15, 0.2) is 48.5 Å². The average molecular weight is 268 g/mol. The summed E-state index contributed by atoms with van der Waals surface area (Å²) >= 11 is 0. The molecule has 3 rings (SSSR count). The first-order valence-corrected chi connectivity index (χ1v) is 6.94. The molecule has 0 radical (unpaired) electrons. The summed E-state index contributed by atoms with van der Waals surface area (Å²) in [7, 11) is 0. The summed E-state index contributed by atoms with van der Waals surface area (Å²) in [5.41, 5.74) is 16.1. The number of rotatable bonds is 2. The van der Waals surface area contributed by atoms with Crippen molar-refractivity contribution in [3.63, 3.8) is 0 Å². The summed E-state index contributed by atoms with van der Waals surface area (Å²) in [5, 5.41) is 0. The summed E-state index contributed by atoms with van der Waals surface area (Å²) in [6.45, 7) is 3.84. The molecule has 4 nitrogen and oxygen atoms in total. The Labute approximate surface area is 119 Å². The molecule has 0 amide bonds. The second-order valence-corrected chi connectivity index (χ2v) is 5.09. The molecule has 0 bridgehead atoms. The fraction of sp³-hybridized carbons (Fsp3) is 0.250. The smallest absolute Gasteiger partial charge is 0.0601 e. The van der Waals surface area contributed by atoms with E-state index >= 15 is 0 Å². The molecule has 2 aromatic rings. The fourth-order valence-corrected chi connectivity index (χ4v) is 2.74. The fourth-order valence-electron chi connectivity index (χ4n) is 2.74. The number of para-hydroxylation sites is 4. The van der Waals surface area contributed by atoms with Crippen molar-refractivity contribution in [1.29, 1.82) is 0 Å². The lowest BCUT2D eigenvalue weighted by atomic mass is 10.2. The third-order valence-corrected chi connectivity index (χ3v) is 3.83. The zero-order valence-corrected chi connectivity index (χ0v) is 11.5. The van der Waals surface area contributed by atoms with Crippen molar-refractivity contribution in [2.45, 2.75) is 0 Å². The molecule has 0 saturated carbocycles. The normalized spacial score (nSPS) is 15.4. The van der Waals surface area contributed by atoms with Crippen molar-refractivity contribution in [2.24, 2.45) is 0 Å². The number of nitrogens with zero attached hydrogens (tertiary/aromatic N) is 2. The van der Waals surface area contributed by atoms with Crippen LogP contribution in [0.2, 0.25) is 0 Å². The highest BCUT2D eigenvalue weighted by Gasteiger charge is 2.19.